The van der Waals surface area contributed by atoms with Gasteiger partial charge < -0.3 is 10.1 Å². The Kier molecular flexibility index (Phi) is 6.68. The highest BCUT2D eigenvalue weighted by Crippen LogP contribution is 2.21. The zero-order valence-corrected chi connectivity index (χ0v) is 14.6. The quantitative estimate of drug-likeness (QED) is 0.606. The number of carbonyl (C=O) groups is 2. The van der Waals surface area contributed by atoms with Gasteiger partial charge in [-0.25, -0.2) is 4.79 Å². The van der Waals surface area contributed by atoms with Crippen molar-refractivity contribution in [1.29, 1.82) is 0 Å². The van der Waals surface area contributed by atoms with Gasteiger partial charge in [0.2, 0.25) is 0 Å². The lowest BCUT2D eigenvalue weighted by Gasteiger charge is -2.28. The number of alkyl halides is 2. The summed E-state index contributed by atoms with van der Waals surface area (Å²) in [4.78, 5) is 23.9. The molecule has 0 aromatic carbocycles. The monoisotopic (exact) mass is 349 g/mol. The number of methoxy groups -OCH3 is 1. The van der Waals surface area contributed by atoms with E-state index >= 15 is 0 Å². The van der Waals surface area contributed by atoms with Gasteiger partial charge in [-0.05, 0) is 39.7 Å². The van der Waals surface area contributed by atoms with Crippen LogP contribution in [0.5, 0.6) is 0 Å². The molecule has 1 rings (SSSR count). The lowest BCUT2D eigenvalue weighted by Crippen LogP contribution is -2.53. The van der Waals surface area contributed by atoms with E-state index in [0.29, 0.717) is 12.1 Å². The summed E-state index contributed by atoms with van der Waals surface area (Å²) in [5.41, 5.74) is -0.835. The van der Waals surface area contributed by atoms with E-state index in [1.807, 2.05) is 13.8 Å². The van der Waals surface area contributed by atoms with E-state index in [4.69, 9.17) is 27.9 Å². The van der Waals surface area contributed by atoms with E-state index in [-0.39, 0.29) is 12.5 Å². The van der Waals surface area contributed by atoms with Gasteiger partial charge in [-0.15, -0.1) is 23.2 Å². The Morgan fingerprint density at radius 1 is 1.45 bits per heavy atom. The zero-order chi connectivity index (χ0) is 16.9. The molecular formula is C14H21Cl2N3O3. The molecule has 0 fully saturated rings. The standard InChI is InChI=1S/C14H21Cl2N3O3/c1-9(2)19-10(6-8-17-19)12(20)18-14(3,13(21)22-4)7-5-11(15)16/h6,8-9,11H,5,7H2,1-4H3,(H,18,20)/t14-/m0/s1. The number of hydrogen-bond acceptors (Lipinski definition) is 4. The molecule has 1 amide bonds. The number of hydrogen-bond donors (Lipinski definition) is 1. The van der Waals surface area contributed by atoms with Gasteiger partial charge in [-0.3, -0.25) is 9.48 Å². The summed E-state index contributed by atoms with van der Waals surface area (Å²) in [5, 5.41) is 6.81. The van der Waals surface area contributed by atoms with Gasteiger partial charge in [-0.2, -0.15) is 5.10 Å². The highest BCUT2D eigenvalue weighted by atomic mass is 35.5. The Morgan fingerprint density at radius 3 is 2.59 bits per heavy atom. The Bertz CT molecular complexity index is 531. The molecule has 0 unspecified atom stereocenters. The smallest absolute Gasteiger partial charge is 0.331 e. The van der Waals surface area contributed by atoms with Crippen LogP contribution >= 0.6 is 23.2 Å². The van der Waals surface area contributed by atoms with Gasteiger partial charge in [0, 0.05) is 12.2 Å². The molecule has 1 N–H and O–H groups in total. The normalized spacial score (nSPS) is 14.0. The van der Waals surface area contributed by atoms with Crippen molar-refractivity contribution >= 4 is 35.1 Å². The fraction of sp³-hybridized carbons (Fsp3) is 0.643. The Morgan fingerprint density at radius 2 is 2.09 bits per heavy atom. The summed E-state index contributed by atoms with van der Waals surface area (Å²) in [7, 11) is 1.27. The molecular weight excluding hydrogens is 329 g/mol. The first kappa shape index (κ1) is 18.8. The van der Waals surface area contributed by atoms with Crippen LogP contribution in [0.25, 0.3) is 0 Å². The molecule has 1 heterocycles. The van der Waals surface area contributed by atoms with Crippen molar-refractivity contribution in [3.05, 3.63) is 18.0 Å². The molecule has 0 radical (unpaired) electrons. The molecule has 0 aliphatic carbocycles. The van der Waals surface area contributed by atoms with E-state index in [1.54, 1.807) is 17.7 Å². The van der Waals surface area contributed by atoms with Crippen molar-refractivity contribution in [1.82, 2.24) is 15.1 Å². The second-order valence-electron chi connectivity index (χ2n) is 5.46. The Hall–Kier alpha value is -1.27. The number of nitrogens with one attached hydrogen (secondary N) is 1. The van der Waals surface area contributed by atoms with Crippen LogP contribution in [0.3, 0.4) is 0 Å². The van der Waals surface area contributed by atoms with Crippen molar-refractivity contribution in [2.24, 2.45) is 0 Å². The zero-order valence-electron chi connectivity index (χ0n) is 13.1. The van der Waals surface area contributed by atoms with Crippen LogP contribution in [0.2, 0.25) is 0 Å². The van der Waals surface area contributed by atoms with Crippen molar-refractivity contribution in [3.63, 3.8) is 0 Å². The average Bonchev–Trinajstić information content (AvgIpc) is 2.94. The molecule has 8 heteroatoms. The number of amides is 1. The predicted molar refractivity (Wildman–Crippen MR) is 85.2 cm³/mol. The number of ether oxygens (including phenoxy) is 1. The average molecular weight is 350 g/mol. The van der Waals surface area contributed by atoms with Crippen LogP contribution in [-0.4, -0.2) is 39.1 Å². The first-order valence-electron chi connectivity index (χ1n) is 6.94. The van der Waals surface area contributed by atoms with E-state index in [0.717, 1.165) is 0 Å². The topological polar surface area (TPSA) is 73.2 Å². The highest BCUT2D eigenvalue weighted by molar-refractivity contribution is 6.44. The molecule has 124 valence electrons. The molecule has 0 aliphatic heterocycles. The number of aromatic nitrogens is 2. The van der Waals surface area contributed by atoms with Crippen LogP contribution < -0.4 is 5.32 Å². The summed E-state index contributed by atoms with van der Waals surface area (Å²) in [6.45, 7) is 5.41. The first-order valence-corrected chi connectivity index (χ1v) is 7.81. The molecule has 22 heavy (non-hydrogen) atoms. The van der Waals surface area contributed by atoms with Crippen molar-refractivity contribution in [2.45, 2.75) is 50.0 Å². The van der Waals surface area contributed by atoms with Gasteiger partial charge in [0.05, 0.1) is 7.11 Å². The summed E-state index contributed by atoms with van der Waals surface area (Å²) in [6.07, 6.45) is 2.15. The fourth-order valence-corrected chi connectivity index (χ4v) is 2.28. The lowest BCUT2D eigenvalue weighted by molar-refractivity contribution is -0.147. The Balaban J connectivity index is 2.96. The van der Waals surface area contributed by atoms with Gasteiger partial charge >= 0.3 is 5.97 Å². The van der Waals surface area contributed by atoms with E-state index in [9.17, 15) is 9.59 Å². The van der Waals surface area contributed by atoms with Gasteiger partial charge in [0.1, 0.15) is 16.1 Å². The molecule has 1 aromatic rings. The maximum absolute atomic E-state index is 12.5. The van der Waals surface area contributed by atoms with Crippen molar-refractivity contribution < 1.29 is 14.3 Å². The minimum absolute atomic E-state index is 0.0233. The molecule has 0 bridgehead atoms. The summed E-state index contributed by atoms with van der Waals surface area (Å²) in [5.74, 6) is -0.953. The SMILES string of the molecule is COC(=O)[C@](C)(CCC(Cl)Cl)NC(=O)c1ccnn1C(C)C. The molecule has 0 saturated heterocycles. The summed E-state index contributed by atoms with van der Waals surface area (Å²) >= 11 is 11.4. The van der Waals surface area contributed by atoms with E-state index < -0.39 is 22.3 Å². The predicted octanol–water partition coefficient (Wildman–Crippen LogP) is 2.71. The molecule has 1 aromatic heterocycles. The summed E-state index contributed by atoms with van der Waals surface area (Å²) in [6, 6.07) is 1.62. The largest absolute Gasteiger partial charge is 0.467 e. The number of carbonyl (C=O) groups excluding carboxylic acids is 2. The van der Waals surface area contributed by atoms with Crippen LogP contribution in [-0.2, 0) is 9.53 Å². The van der Waals surface area contributed by atoms with E-state index in [1.165, 1.54) is 13.3 Å². The molecule has 0 saturated carbocycles. The maximum Gasteiger partial charge on any atom is 0.331 e. The van der Waals surface area contributed by atoms with Gasteiger partial charge in [0.15, 0.2) is 0 Å². The third-order valence-electron chi connectivity index (χ3n) is 3.28. The van der Waals surface area contributed by atoms with Crippen LogP contribution in [0, 0.1) is 0 Å². The minimum atomic E-state index is -1.21. The second kappa shape index (κ2) is 7.83. The Labute approximate surface area is 140 Å². The van der Waals surface area contributed by atoms with Crippen molar-refractivity contribution in [3.8, 4) is 0 Å². The lowest BCUT2D eigenvalue weighted by atomic mass is 9.96. The van der Waals surface area contributed by atoms with Crippen LogP contribution in [0.1, 0.15) is 50.1 Å². The third-order valence-corrected chi connectivity index (χ3v) is 3.72. The molecule has 1 atom stereocenters. The number of nitrogens with zero attached hydrogens (tertiary/aromatic N) is 2. The highest BCUT2D eigenvalue weighted by Gasteiger charge is 2.37. The molecule has 0 aliphatic rings. The number of esters is 1. The molecule has 0 spiro atoms. The van der Waals surface area contributed by atoms with E-state index in [2.05, 4.69) is 10.4 Å². The third kappa shape index (κ3) is 4.61. The van der Waals surface area contributed by atoms with Crippen molar-refractivity contribution in [2.75, 3.05) is 7.11 Å². The van der Waals surface area contributed by atoms with Gasteiger partial charge in [-0.1, -0.05) is 0 Å². The second-order valence-corrected chi connectivity index (χ2v) is 6.74. The number of rotatable bonds is 7. The fourth-order valence-electron chi connectivity index (χ4n) is 2.06. The van der Waals surface area contributed by atoms with Crippen LogP contribution in [0.4, 0.5) is 0 Å². The molecule has 6 nitrogen and oxygen atoms in total. The number of halogens is 2. The first-order chi connectivity index (χ1) is 10.2. The van der Waals surface area contributed by atoms with Crippen LogP contribution in [0.15, 0.2) is 12.3 Å². The maximum atomic E-state index is 12.5. The minimum Gasteiger partial charge on any atom is -0.467 e. The van der Waals surface area contributed by atoms with Gasteiger partial charge in [0.25, 0.3) is 5.91 Å². The summed E-state index contributed by atoms with van der Waals surface area (Å²) < 4.78 is 6.36.